The first kappa shape index (κ1) is 19.7. The minimum absolute atomic E-state index is 0.0257. The van der Waals surface area contributed by atoms with E-state index in [2.05, 4.69) is 29.0 Å². The molecule has 1 N–H and O–H groups in total. The van der Waals surface area contributed by atoms with Crippen LogP contribution < -0.4 is 15.0 Å². The largest absolute Gasteiger partial charge is 0.412 e. The number of ether oxygens (including phenoxy) is 2. The summed E-state index contributed by atoms with van der Waals surface area (Å²) in [6.07, 6.45) is 3.41. The average molecular weight is 396 g/mol. The fourth-order valence-corrected chi connectivity index (χ4v) is 4.19. The van der Waals surface area contributed by atoms with Gasteiger partial charge in [-0.05, 0) is 54.7 Å². The highest BCUT2D eigenvalue weighted by atomic mass is 16.6. The molecule has 4 rings (SSSR count). The highest BCUT2D eigenvalue weighted by Gasteiger charge is 2.35. The van der Waals surface area contributed by atoms with Crippen molar-refractivity contribution in [3.63, 3.8) is 0 Å². The zero-order chi connectivity index (χ0) is 20.3. The summed E-state index contributed by atoms with van der Waals surface area (Å²) < 4.78 is 10.9. The van der Waals surface area contributed by atoms with Gasteiger partial charge in [-0.2, -0.15) is 0 Å². The van der Waals surface area contributed by atoms with Crippen LogP contribution in [-0.4, -0.2) is 37.4 Å². The summed E-state index contributed by atoms with van der Waals surface area (Å²) in [6.45, 7) is 8.29. The molecule has 0 bridgehead atoms. The Balaban J connectivity index is 1.41. The van der Waals surface area contributed by atoms with Crippen LogP contribution in [0.25, 0.3) is 0 Å². The summed E-state index contributed by atoms with van der Waals surface area (Å²) in [4.78, 5) is 19.0. The molecule has 1 fully saturated rings. The number of amides is 1. The second kappa shape index (κ2) is 8.41. The third kappa shape index (κ3) is 4.70. The molecule has 0 spiro atoms. The van der Waals surface area contributed by atoms with Crippen molar-refractivity contribution in [1.82, 2.24) is 10.3 Å². The van der Waals surface area contributed by atoms with Crippen molar-refractivity contribution < 1.29 is 14.3 Å². The highest BCUT2D eigenvalue weighted by molar-refractivity contribution is 5.72. The lowest BCUT2D eigenvalue weighted by Crippen LogP contribution is -2.34. The van der Waals surface area contributed by atoms with Crippen molar-refractivity contribution in [2.75, 3.05) is 31.2 Å². The van der Waals surface area contributed by atoms with Crippen LogP contribution in [0.3, 0.4) is 0 Å². The van der Waals surface area contributed by atoms with E-state index in [1.807, 2.05) is 42.6 Å². The van der Waals surface area contributed by atoms with Crippen LogP contribution in [0, 0.1) is 5.92 Å². The van der Waals surface area contributed by atoms with E-state index in [-0.39, 0.29) is 5.41 Å². The van der Waals surface area contributed by atoms with Gasteiger partial charge >= 0.3 is 6.09 Å². The fraction of sp³-hybridized carbons (Fsp3) is 0.478. The number of anilines is 1. The number of rotatable bonds is 5. The van der Waals surface area contributed by atoms with E-state index in [0.717, 1.165) is 44.8 Å². The van der Waals surface area contributed by atoms with E-state index >= 15 is 0 Å². The van der Waals surface area contributed by atoms with Crippen LogP contribution in [0.5, 0.6) is 5.75 Å². The van der Waals surface area contributed by atoms with E-state index in [0.29, 0.717) is 18.2 Å². The molecule has 0 aliphatic carbocycles. The monoisotopic (exact) mass is 395 g/mol. The second-order valence-electron chi connectivity index (χ2n) is 8.57. The molecule has 1 amide bonds. The van der Waals surface area contributed by atoms with Crippen molar-refractivity contribution >= 4 is 11.8 Å². The molecule has 0 radical (unpaired) electrons. The minimum atomic E-state index is -0.391. The standard InChI is InChI=1S/C23H29N3O3/c1-23(2)16-26(15-18-5-3-4-10-24-18)21-7-6-19(13-20(21)23)29-22(27)25-14-17-8-11-28-12-9-17/h3-7,10,13,17H,8-9,11-12,14-16H2,1-2H3,(H,25,27). The van der Waals surface area contributed by atoms with Crippen molar-refractivity contribution in [2.45, 2.75) is 38.6 Å². The Morgan fingerprint density at radius 2 is 2.10 bits per heavy atom. The number of carbonyl (C=O) groups is 1. The third-order valence-corrected chi connectivity index (χ3v) is 5.79. The number of fused-ring (bicyclic) bond motifs is 1. The molecule has 1 saturated heterocycles. The first-order chi connectivity index (χ1) is 14.0. The molecule has 0 unspecified atom stereocenters. The number of hydrogen-bond donors (Lipinski definition) is 1. The smallest absolute Gasteiger partial charge is 0.410 e. The summed E-state index contributed by atoms with van der Waals surface area (Å²) in [7, 11) is 0. The molecule has 6 nitrogen and oxygen atoms in total. The molecule has 3 heterocycles. The lowest BCUT2D eigenvalue weighted by molar-refractivity contribution is 0.0663. The van der Waals surface area contributed by atoms with Gasteiger partial charge in [0.2, 0.25) is 0 Å². The maximum Gasteiger partial charge on any atom is 0.412 e. The first-order valence-electron chi connectivity index (χ1n) is 10.3. The van der Waals surface area contributed by atoms with Gasteiger partial charge < -0.3 is 19.7 Å². The van der Waals surface area contributed by atoms with Crippen LogP contribution in [0.1, 0.15) is 37.9 Å². The molecule has 29 heavy (non-hydrogen) atoms. The van der Waals surface area contributed by atoms with Gasteiger partial charge in [-0.3, -0.25) is 4.98 Å². The predicted molar refractivity (Wildman–Crippen MR) is 112 cm³/mol. The Hall–Kier alpha value is -2.60. The molecular formula is C23H29N3O3. The Labute approximate surface area is 172 Å². The Bertz CT molecular complexity index is 848. The molecular weight excluding hydrogens is 366 g/mol. The molecule has 2 aromatic rings. The van der Waals surface area contributed by atoms with Crippen molar-refractivity contribution in [3.8, 4) is 5.75 Å². The Kier molecular flexibility index (Phi) is 5.72. The summed E-state index contributed by atoms with van der Waals surface area (Å²) in [5.74, 6) is 1.05. The fourth-order valence-electron chi connectivity index (χ4n) is 4.19. The number of hydrogen-bond acceptors (Lipinski definition) is 5. The minimum Gasteiger partial charge on any atom is -0.410 e. The maximum absolute atomic E-state index is 12.2. The Morgan fingerprint density at radius 1 is 1.28 bits per heavy atom. The van der Waals surface area contributed by atoms with Gasteiger partial charge in [0.1, 0.15) is 5.75 Å². The summed E-state index contributed by atoms with van der Waals surface area (Å²) in [6, 6.07) is 11.9. The summed E-state index contributed by atoms with van der Waals surface area (Å²) in [5.41, 5.74) is 3.39. The van der Waals surface area contributed by atoms with Crippen LogP contribution in [0.4, 0.5) is 10.5 Å². The molecule has 1 aromatic heterocycles. The molecule has 2 aliphatic rings. The van der Waals surface area contributed by atoms with Crippen LogP contribution in [0.15, 0.2) is 42.6 Å². The van der Waals surface area contributed by atoms with Gasteiger partial charge in [0, 0.05) is 43.6 Å². The maximum atomic E-state index is 12.2. The molecule has 0 atom stereocenters. The third-order valence-electron chi connectivity index (χ3n) is 5.79. The van der Waals surface area contributed by atoms with Crippen molar-refractivity contribution in [2.24, 2.45) is 5.92 Å². The van der Waals surface area contributed by atoms with Gasteiger partial charge in [-0.15, -0.1) is 0 Å². The van der Waals surface area contributed by atoms with Gasteiger partial charge in [0.15, 0.2) is 0 Å². The van der Waals surface area contributed by atoms with E-state index in [1.165, 1.54) is 11.3 Å². The van der Waals surface area contributed by atoms with Crippen LogP contribution in [-0.2, 0) is 16.7 Å². The topological polar surface area (TPSA) is 63.7 Å². The van der Waals surface area contributed by atoms with E-state index < -0.39 is 6.09 Å². The Morgan fingerprint density at radius 3 is 2.86 bits per heavy atom. The molecule has 0 saturated carbocycles. The normalized spacial score (nSPS) is 18.3. The highest BCUT2D eigenvalue weighted by Crippen LogP contribution is 2.42. The lowest BCUT2D eigenvalue weighted by atomic mass is 9.87. The summed E-state index contributed by atoms with van der Waals surface area (Å²) >= 11 is 0. The van der Waals surface area contributed by atoms with E-state index in [4.69, 9.17) is 9.47 Å². The van der Waals surface area contributed by atoms with E-state index in [9.17, 15) is 4.79 Å². The number of benzene rings is 1. The molecule has 154 valence electrons. The van der Waals surface area contributed by atoms with Gasteiger partial charge in [0.05, 0.1) is 12.2 Å². The van der Waals surface area contributed by atoms with Crippen molar-refractivity contribution in [3.05, 3.63) is 53.9 Å². The predicted octanol–water partition coefficient (Wildman–Crippen LogP) is 3.89. The number of nitrogens with one attached hydrogen (secondary N) is 1. The number of carbonyl (C=O) groups excluding carboxylic acids is 1. The number of nitrogens with zero attached hydrogens (tertiary/aromatic N) is 2. The van der Waals surface area contributed by atoms with Gasteiger partial charge in [-0.1, -0.05) is 19.9 Å². The summed E-state index contributed by atoms with van der Waals surface area (Å²) in [5, 5.41) is 2.90. The first-order valence-corrected chi connectivity index (χ1v) is 10.3. The average Bonchev–Trinajstić information content (AvgIpc) is 2.97. The van der Waals surface area contributed by atoms with Gasteiger partial charge in [-0.25, -0.2) is 4.79 Å². The zero-order valence-electron chi connectivity index (χ0n) is 17.2. The van der Waals surface area contributed by atoms with Crippen molar-refractivity contribution in [1.29, 1.82) is 0 Å². The van der Waals surface area contributed by atoms with Gasteiger partial charge in [0.25, 0.3) is 0 Å². The van der Waals surface area contributed by atoms with Crippen LogP contribution >= 0.6 is 0 Å². The quantitative estimate of drug-likeness (QED) is 0.832. The van der Waals surface area contributed by atoms with E-state index in [1.54, 1.807) is 0 Å². The molecule has 6 heteroatoms. The lowest BCUT2D eigenvalue weighted by Gasteiger charge is -2.22. The SMILES string of the molecule is CC1(C)CN(Cc2ccccn2)c2ccc(OC(=O)NCC3CCOCC3)cc21. The molecule has 1 aromatic carbocycles. The zero-order valence-corrected chi connectivity index (χ0v) is 17.2. The van der Waals surface area contributed by atoms with Crippen LogP contribution in [0.2, 0.25) is 0 Å². The molecule has 2 aliphatic heterocycles. The number of aromatic nitrogens is 1. The second-order valence-corrected chi connectivity index (χ2v) is 8.57. The number of pyridine rings is 1.